The summed E-state index contributed by atoms with van der Waals surface area (Å²) in [5.74, 6) is -3.35. The minimum Gasteiger partial charge on any atom is -0.444 e. The number of amides is 2. The molecule has 2 fully saturated rings. The van der Waals surface area contributed by atoms with Crippen LogP contribution in [-0.4, -0.2) is 78.1 Å². The number of carbonyl (C=O) groups is 2. The number of fused-ring (bicyclic) bond motifs is 1. The van der Waals surface area contributed by atoms with Gasteiger partial charge in [0.15, 0.2) is 5.69 Å². The monoisotopic (exact) mass is 590 g/mol. The average Bonchev–Trinajstić information content (AvgIpc) is 3.56. The number of hydrogen-bond acceptors (Lipinski definition) is 10. The predicted molar refractivity (Wildman–Crippen MR) is 143 cm³/mol. The van der Waals surface area contributed by atoms with Crippen LogP contribution in [-0.2, 0) is 9.47 Å². The number of halogens is 2. The van der Waals surface area contributed by atoms with E-state index in [2.05, 4.69) is 30.3 Å². The van der Waals surface area contributed by atoms with Crippen molar-refractivity contribution in [3.8, 4) is 0 Å². The van der Waals surface area contributed by atoms with Gasteiger partial charge < -0.3 is 14.8 Å². The number of ether oxygens (including phenoxy) is 2. The van der Waals surface area contributed by atoms with E-state index in [1.54, 1.807) is 31.3 Å². The summed E-state index contributed by atoms with van der Waals surface area (Å²) in [5, 5.41) is 14.7. The van der Waals surface area contributed by atoms with Gasteiger partial charge in [-0.3, -0.25) is 9.69 Å². The quantitative estimate of drug-likeness (QED) is 0.442. The van der Waals surface area contributed by atoms with E-state index in [0.29, 0.717) is 36.5 Å². The van der Waals surface area contributed by atoms with Crippen molar-refractivity contribution in [3.05, 3.63) is 35.2 Å². The van der Waals surface area contributed by atoms with E-state index in [4.69, 9.17) is 14.5 Å². The van der Waals surface area contributed by atoms with Crippen LogP contribution < -0.4 is 5.32 Å². The molecular weight excluding hydrogens is 554 g/mol. The first-order chi connectivity index (χ1) is 19.8. The number of piperidine rings is 1. The van der Waals surface area contributed by atoms with E-state index in [-0.39, 0.29) is 49.2 Å². The molecule has 228 valence electrons. The Hall–Kier alpha value is -3.75. The third-order valence-corrected chi connectivity index (χ3v) is 7.80. The Kier molecular flexibility index (Phi) is 8.14. The van der Waals surface area contributed by atoms with Gasteiger partial charge in [0.2, 0.25) is 5.92 Å². The Bertz CT molecular complexity index is 1430. The molecule has 2 unspecified atom stereocenters. The van der Waals surface area contributed by atoms with Crippen LogP contribution in [0.5, 0.6) is 0 Å². The highest BCUT2D eigenvalue weighted by molar-refractivity contribution is 5.93. The van der Waals surface area contributed by atoms with Crippen LogP contribution in [0.1, 0.15) is 99.0 Å². The van der Waals surface area contributed by atoms with Crippen LogP contribution in [0.15, 0.2) is 17.0 Å². The summed E-state index contributed by atoms with van der Waals surface area (Å²) in [4.78, 5) is 37.2. The molecule has 0 radical (unpaired) electrons. The van der Waals surface area contributed by atoms with Gasteiger partial charge in [-0.25, -0.2) is 32.7 Å². The lowest BCUT2D eigenvalue weighted by molar-refractivity contribution is -0.0495. The Labute approximate surface area is 241 Å². The van der Waals surface area contributed by atoms with Crippen LogP contribution in [0.2, 0.25) is 0 Å². The molecule has 3 atom stereocenters. The third-order valence-electron chi connectivity index (χ3n) is 7.80. The molecule has 1 N–H and O–H groups in total. The number of nitrogens with zero attached hydrogens (tertiary/aromatic N) is 7. The zero-order chi connectivity index (χ0) is 30.2. The maximum absolute atomic E-state index is 14.0. The van der Waals surface area contributed by atoms with Gasteiger partial charge in [-0.15, -0.1) is 0 Å². The minimum atomic E-state index is -2.74. The number of alkyl halides is 2. The van der Waals surface area contributed by atoms with Gasteiger partial charge in [-0.2, -0.15) is 5.10 Å². The number of hydrogen-bond donors (Lipinski definition) is 1. The smallest absolute Gasteiger partial charge is 0.410 e. The Morgan fingerprint density at radius 2 is 1.90 bits per heavy atom. The Balaban J connectivity index is 1.46. The van der Waals surface area contributed by atoms with E-state index in [9.17, 15) is 18.4 Å². The molecular formula is C27H36F2N8O5. The summed E-state index contributed by atoms with van der Waals surface area (Å²) >= 11 is 0. The van der Waals surface area contributed by atoms with Gasteiger partial charge in [-0.1, -0.05) is 5.16 Å². The molecule has 4 heterocycles. The lowest BCUT2D eigenvalue weighted by Gasteiger charge is -2.39. The summed E-state index contributed by atoms with van der Waals surface area (Å²) in [6.45, 7) is 7.43. The normalized spacial score (nSPS) is 22.2. The fourth-order valence-corrected chi connectivity index (χ4v) is 5.56. The molecule has 5 rings (SSSR count). The molecule has 0 spiro atoms. The topological polar surface area (TPSA) is 150 Å². The lowest BCUT2D eigenvalue weighted by atomic mass is 9.81. The number of nitrogens with one attached hydrogen (secondary N) is 1. The number of rotatable bonds is 6. The van der Waals surface area contributed by atoms with E-state index < -0.39 is 35.6 Å². The van der Waals surface area contributed by atoms with Gasteiger partial charge in [0.05, 0.1) is 42.0 Å². The molecule has 1 saturated heterocycles. The van der Waals surface area contributed by atoms with Gasteiger partial charge >= 0.3 is 6.09 Å². The van der Waals surface area contributed by atoms with Gasteiger partial charge in [0, 0.05) is 26.5 Å². The molecule has 3 aromatic rings. The fourth-order valence-electron chi connectivity index (χ4n) is 5.56. The fraction of sp³-hybridized carbons (Fsp3) is 0.667. The molecule has 3 aromatic heterocycles. The number of carbonyl (C=O) groups excluding carboxylic acids is 2. The summed E-state index contributed by atoms with van der Waals surface area (Å²) in [7, 11) is 1.63. The zero-order valence-electron chi connectivity index (χ0n) is 24.3. The largest absolute Gasteiger partial charge is 0.444 e. The summed E-state index contributed by atoms with van der Waals surface area (Å²) in [6.07, 6.45) is 3.62. The Morgan fingerprint density at radius 1 is 1.17 bits per heavy atom. The second-order valence-corrected chi connectivity index (χ2v) is 12.0. The summed E-state index contributed by atoms with van der Waals surface area (Å²) in [6, 6.07) is -1.17. The number of aryl methyl sites for hydroxylation is 1. The molecule has 0 aromatic carbocycles. The molecule has 0 bridgehead atoms. The van der Waals surface area contributed by atoms with E-state index in [1.165, 1.54) is 4.52 Å². The molecule has 1 saturated carbocycles. The first-order valence-electron chi connectivity index (χ1n) is 14.1. The second-order valence-electron chi connectivity index (χ2n) is 12.0. The molecule has 1 aliphatic carbocycles. The van der Waals surface area contributed by atoms with Crippen LogP contribution in [0.3, 0.4) is 0 Å². The molecule has 2 amide bonds. The van der Waals surface area contributed by atoms with E-state index in [0.717, 1.165) is 0 Å². The van der Waals surface area contributed by atoms with Crippen molar-refractivity contribution in [1.82, 2.24) is 40.1 Å². The number of imidazole rings is 1. The molecule has 13 nitrogen and oxygen atoms in total. The van der Waals surface area contributed by atoms with Gasteiger partial charge in [0.25, 0.3) is 11.7 Å². The van der Waals surface area contributed by atoms with Crippen molar-refractivity contribution < 1.29 is 32.5 Å². The van der Waals surface area contributed by atoms with E-state index in [1.807, 2.05) is 20.8 Å². The minimum absolute atomic E-state index is 0.00988. The zero-order valence-corrected chi connectivity index (χ0v) is 24.3. The van der Waals surface area contributed by atoms with Crippen LogP contribution in [0.4, 0.5) is 13.6 Å². The summed E-state index contributed by atoms with van der Waals surface area (Å²) in [5.41, 5.74) is 0.578. The van der Waals surface area contributed by atoms with Crippen LogP contribution >= 0.6 is 0 Å². The van der Waals surface area contributed by atoms with Crippen LogP contribution in [0, 0.1) is 12.8 Å². The Morgan fingerprint density at radius 3 is 2.55 bits per heavy atom. The maximum atomic E-state index is 14.0. The number of methoxy groups -OCH3 is 1. The number of likely N-dealkylation sites (tertiary alicyclic amines) is 1. The SMILES string of the molecule is COC1CCN(C(=O)OC(C)(C)C)C(c2cnn3cc([C@@H](NC(=O)c4nonc4C)C4CCC(F)(F)CC4)nc3n2)C1. The van der Waals surface area contributed by atoms with Crippen molar-refractivity contribution >= 4 is 17.8 Å². The van der Waals surface area contributed by atoms with Crippen LogP contribution in [0.25, 0.3) is 5.78 Å². The predicted octanol–water partition coefficient (Wildman–Crippen LogP) is 4.20. The van der Waals surface area contributed by atoms with Gasteiger partial charge in [0.1, 0.15) is 11.3 Å². The standard InChI is InChI=1S/C27H36F2N8O5/c1-15-21(35-42-34-15)23(38)33-22(16-6-9-27(28,29)10-7-16)19-14-37-24(32-19)31-18(13-30-37)20-12-17(40-5)8-11-36(20)25(39)41-26(2,3)4/h13-14,16-17,20,22H,6-12H2,1-5H3,(H,33,38)/t17?,20?,22-/m0/s1. The molecule has 15 heteroatoms. The van der Waals surface area contributed by atoms with Crippen molar-refractivity contribution in [2.75, 3.05) is 13.7 Å². The highest BCUT2D eigenvalue weighted by atomic mass is 19.3. The highest BCUT2D eigenvalue weighted by Gasteiger charge is 2.40. The summed E-state index contributed by atoms with van der Waals surface area (Å²) < 4.78 is 45.4. The highest BCUT2D eigenvalue weighted by Crippen LogP contribution is 2.41. The second kappa shape index (κ2) is 11.5. The van der Waals surface area contributed by atoms with E-state index >= 15 is 0 Å². The molecule has 2 aliphatic rings. The third kappa shape index (κ3) is 6.50. The van der Waals surface area contributed by atoms with Gasteiger partial charge in [-0.05, 0) is 64.5 Å². The lowest BCUT2D eigenvalue weighted by Crippen LogP contribution is -2.45. The number of aromatic nitrogens is 6. The molecule has 1 aliphatic heterocycles. The van der Waals surface area contributed by atoms with Crippen molar-refractivity contribution in [3.63, 3.8) is 0 Å². The van der Waals surface area contributed by atoms with Crippen molar-refractivity contribution in [2.45, 2.75) is 95.9 Å². The maximum Gasteiger partial charge on any atom is 0.410 e. The first-order valence-corrected chi connectivity index (χ1v) is 14.1. The average molecular weight is 591 g/mol. The first kappa shape index (κ1) is 29.7. The van der Waals surface area contributed by atoms with Crippen molar-refractivity contribution in [2.24, 2.45) is 5.92 Å². The van der Waals surface area contributed by atoms with Crippen molar-refractivity contribution in [1.29, 1.82) is 0 Å². The molecule has 42 heavy (non-hydrogen) atoms.